The highest BCUT2D eigenvalue weighted by Crippen LogP contribution is 2.25. The molecule has 0 radical (unpaired) electrons. The number of hydrogen-bond acceptors (Lipinski definition) is 2. The summed E-state index contributed by atoms with van der Waals surface area (Å²) in [6.07, 6.45) is 1.41. The van der Waals surface area contributed by atoms with E-state index in [1.54, 1.807) is 12.1 Å². The molecule has 6 heteroatoms. The van der Waals surface area contributed by atoms with Crippen LogP contribution in [-0.2, 0) is 6.42 Å². The van der Waals surface area contributed by atoms with Crippen molar-refractivity contribution in [3.63, 3.8) is 0 Å². The van der Waals surface area contributed by atoms with Crippen LogP contribution in [0.15, 0.2) is 35.1 Å². The normalized spacial score (nSPS) is 11.2. The summed E-state index contributed by atoms with van der Waals surface area (Å²) in [5.74, 6) is -0.0441. The van der Waals surface area contributed by atoms with Crippen LogP contribution in [0.2, 0.25) is 10.0 Å². The molecule has 0 fully saturated rings. The minimum atomic E-state index is -0.639. The molecule has 0 N–H and O–H groups in total. The number of fused-ring (bicyclic) bond motifs is 1. The molecule has 0 unspecified atom stereocenters. The molecule has 1 aromatic heterocycles. The van der Waals surface area contributed by atoms with E-state index >= 15 is 0 Å². The molecule has 24 heavy (non-hydrogen) atoms. The molecule has 1 heterocycles. The summed E-state index contributed by atoms with van der Waals surface area (Å²) >= 11 is 12.2. The van der Waals surface area contributed by atoms with Gasteiger partial charge in [-0.2, -0.15) is 0 Å². The highest BCUT2D eigenvalue weighted by atomic mass is 35.5. The van der Waals surface area contributed by atoms with Crippen molar-refractivity contribution >= 4 is 34.1 Å². The van der Waals surface area contributed by atoms with Crippen LogP contribution in [0.25, 0.3) is 16.6 Å². The summed E-state index contributed by atoms with van der Waals surface area (Å²) in [4.78, 5) is 17.5. The Hall–Kier alpha value is -1.91. The molecule has 3 nitrogen and oxygen atoms in total. The molecule has 2 aromatic carbocycles. The lowest BCUT2D eigenvalue weighted by Gasteiger charge is -2.14. The summed E-state index contributed by atoms with van der Waals surface area (Å²) in [6, 6.07) is 8.03. The molecule has 0 aliphatic heterocycles. The van der Waals surface area contributed by atoms with Crippen molar-refractivity contribution in [1.29, 1.82) is 0 Å². The van der Waals surface area contributed by atoms with Crippen LogP contribution in [0, 0.1) is 12.7 Å². The highest BCUT2D eigenvalue weighted by molar-refractivity contribution is 6.35. The van der Waals surface area contributed by atoms with Crippen LogP contribution in [0.3, 0.4) is 0 Å². The van der Waals surface area contributed by atoms with E-state index in [1.807, 2.05) is 19.9 Å². The zero-order chi connectivity index (χ0) is 17.4. The third-order valence-electron chi connectivity index (χ3n) is 3.88. The van der Waals surface area contributed by atoms with Crippen LogP contribution < -0.4 is 5.56 Å². The minimum absolute atomic E-state index is 0.0771. The van der Waals surface area contributed by atoms with Gasteiger partial charge in [0, 0.05) is 11.4 Å². The fourth-order valence-electron chi connectivity index (χ4n) is 2.63. The van der Waals surface area contributed by atoms with Crippen molar-refractivity contribution in [2.75, 3.05) is 0 Å². The van der Waals surface area contributed by atoms with Crippen LogP contribution >= 0.6 is 23.2 Å². The largest absolute Gasteiger partial charge is 0.268 e. The topological polar surface area (TPSA) is 34.9 Å². The number of hydrogen-bond donors (Lipinski definition) is 0. The molecule has 0 amide bonds. The number of aryl methyl sites for hydroxylation is 2. The van der Waals surface area contributed by atoms with Crippen molar-refractivity contribution in [1.82, 2.24) is 9.55 Å². The number of halogens is 3. The Morgan fingerprint density at radius 3 is 2.62 bits per heavy atom. The van der Waals surface area contributed by atoms with E-state index in [4.69, 9.17) is 23.2 Å². The molecular weight excluding hydrogens is 350 g/mol. The van der Waals surface area contributed by atoms with Gasteiger partial charge in [0.25, 0.3) is 5.56 Å². The Morgan fingerprint density at radius 2 is 1.96 bits per heavy atom. The van der Waals surface area contributed by atoms with Gasteiger partial charge in [-0.15, -0.1) is 0 Å². The molecule has 0 atom stereocenters. The Bertz CT molecular complexity index is 998. The molecule has 124 valence electrons. The average molecular weight is 365 g/mol. The maximum absolute atomic E-state index is 13.8. The smallest absolute Gasteiger partial charge is 0.267 e. The van der Waals surface area contributed by atoms with Crippen molar-refractivity contribution in [3.05, 3.63) is 67.9 Å². The summed E-state index contributed by atoms with van der Waals surface area (Å²) in [5.41, 5.74) is 1.49. The standard InChI is InChI=1S/C18H15Cl2FN2O/c1-3-4-15-22-14-8-7-13(21)17(20)16(14)18(24)23(15)11-6-5-10(2)12(19)9-11/h5-9H,3-4H2,1-2H3. The van der Waals surface area contributed by atoms with Crippen LogP contribution in [0.4, 0.5) is 4.39 Å². The van der Waals surface area contributed by atoms with E-state index in [2.05, 4.69) is 4.98 Å². The Kier molecular flexibility index (Phi) is 4.61. The van der Waals surface area contributed by atoms with Crippen molar-refractivity contribution in [2.24, 2.45) is 0 Å². The SMILES string of the molecule is CCCc1nc2ccc(F)c(Cl)c2c(=O)n1-c1ccc(C)c(Cl)c1. The van der Waals surface area contributed by atoms with Crippen molar-refractivity contribution in [3.8, 4) is 5.69 Å². The average Bonchev–Trinajstić information content (AvgIpc) is 2.54. The van der Waals surface area contributed by atoms with Crippen LogP contribution in [0.5, 0.6) is 0 Å². The summed E-state index contributed by atoms with van der Waals surface area (Å²) in [6.45, 7) is 3.88. The van der Waals surface area contributed by atoms with Gasteiger partial charge < -0.3 is 0 Å². The van der Waals surface area contributed by atoms with E-state index in [1.165, 1.54) is 16.7 Å². The highest BCUT2D eigenvalue weighted by Gasteiger charge is 2.17. The molecule has 3 aromatic rings. The van der Waals surface area contributed by atoms with Gasteiger partial charge in [-0.1, -0.05) is 36.2 Å². The number of rotatable bonds is 3. The Labute approximate surface area is 148 Å². The Balaban J connectivity index is 2.41. The lowest BCUT2D eigenvalue weighted by molar-refractivity contribution is 0.629. The predicted octanol–water partition coefficient (Wildman–Crippen LogP) is 5.09. The molecule has 0 aliphatic rings. The van der Waals surface area contributed by atoms with Gasteiger partial charge in [0.05, 0.1) is 21.6 Å². The molecule has 3 rings (SSSR count). The first-order valence-corrected chi connectivity index (χ1v) is 8.35. The maximum atomic E-state index is 13.8. The minimum Gasteiger partial charge on any atom is -0.268 e. The van der Waals surface area contributed by atoms with Crippen LogP contribution in [0.1, 0.15) is 24.7 Å². The first kappa shape index (κ1) is 16.9. The van der Waals surface area contributed by atoms with Gasteiger partial charge in [0.2, 0.25) is 0 Å². The van der Waals surface area contributed by atoms with E-state index in [0.717, 1.165) is 12.0 Å². The number of aromatic nitrogens is 2. The summed E-state index contributed by atoms with van der Waals surface area (Å²) < 4.78 is 15.3. The van der Waals surface area contributed by atoms with E-state index in [9.17, 15) is 9.18 Å². The molecule has 0 aliphatic carbocycles. The van der Waals surface area contributed by atoms with Crippen LogP contribution in [-0.4, -0.2) is 9.55 Å². The second-order valence-electron chi connectivity index (χ2n) is 5.61. The first-order chi connectivity index (χ1) is 11.4. The molecule has 0 bridgehead atoms. The molecular formula is C18H15Cl2FN2O. The van der Waals surface area contributed by atoms with Crippen molar-refractivity contribution < 1.29 is 4.39 Å². The molecule has 0 spiro atoms. The monoisotopic (exact) mass is 364 g/mol. The molecule has 0 saturated carbocycles. The van der Waals surface area contributed by atoms with Gasteiger partial charge in [-0.05, 0) is 43.2 Å². The quantitative estimate of drug-likeness (QED) is 0.648. The third kappa shape index (κ3) is 2.80. The van der Waals surface area contributed by atoms with Gasteiger partial charge in [-0.3, -0.25) is 9.36 Å². The zero-order valence-corrected chi connectivity index (χ0v) is 14.7. The molecule has 0 saturated heterocycles. The lowest BCUT2D eigenvalue weighted by atomic mass is 10.2. The predicted molar refractivity (Wildman–Crippen MR) is 96.1 cm³/mol. The second kappa shape index (κ2) is 6.54. The third-order valence-corrected chi connectivity index (χ3v) is 4.66. The summed E-state index contributed by atoms with van der Waals surface area (Å²) in [5, 5.41) is 0.417. The maximum Gasteiger partial charge on any atom is 0.267 e. The first-order valence-electron chi connectivity index (χ1n) is 7.60. The van der Waals surface area contributed by atoms with E-state index in [0.29, 0.717) is 28.5 Å². The Morgan fingerprint density at radius 1 is 1.21 bits per heavy atom. The van der Waals surface area contributed by atoms with Gasteiger partial charge in [0.15, 0.2) is 0 Å². The van der Waals surface area contributed by atoms with Gasteiger partial charge in [-0.25, -0.2) is 9.37 Å². The second-order valence-corrected chi connectivity index (χ2v) is 6.39. The fraction of sp³-hybridized carbons (Fsp3) is 0.222. The van der Waals surface area contributed by atoms with Gasteiger partial charge >= 0.3 is 0 Å². The fourth-order valence-corrected chi connectivity index (χ4v) is 3.05. The summed E-state index contributed by atoms with van der Waals surface area (Å²) in [7, 11) is 0. The zero-order valence-electron chi connectivity index (χ0n) is 13.2. The van der Waals surface area contributed by atoms with Gasteiger partial charge in [0.1, 0.15) is 11.6 Å². The number of benzene rings is 2. The van der Waals surface area contributed by atoms with E-state index < -0.39 is 11.4 Å². The van der Waals surface area contributed by atoms with Crippen molar-refractivity contribution in [2.45, 2.75) is 26.7 Å². The number of nitrogens with zero attached hydrogens (tertiary/aromatic N) is 2. The van der Waals surface area contributed by atoms with E-state index in [-0.39, 0.29) is 10.4 Å². The lowest BCUT2D eigenvalue weighted by Crippen LogP contribution is -2.24.